The summed E-state index contributed by atoms with van der Waals surface area (Å²) in [6, 6.07) is 22.8. The third kappa shape index (κ3) is 6.74. The van der Waals surface area contributed by atoms with E-state index in [1.165, 1.54) is 12.1 Å². The van der Waals surface area contributed by atoms with Gasteiger partial charge < -0.3 is 10.2 Å². The molecule has 0 heterocycles. The fourth-order valence-electron chi connectivity index (χ4n) is 3.23. The zero-order valence-corrected chi connectivity index (χ0v) is 19.4. The van der Waals surface area contributed by atoms with E-state index in [-0.39, 0.29) is 23.8 Å². The Bertz CT molecular complexity index is 1210. The van der Waals surface area contributed by atoms with Gasteiger partial charge in [0.2, 0.25) is 15.9 Å². The van der Waals surface area contributed by atoms with Crippen molar-refractivity contribution in [1.82, 2.24) is 9.62 Å². The van der Waals surface area contributed by atoms with Crippen molar-refractivity contribution in [1.29, 1.82) is 0 Å². The van der Waals surface area contributed by atoms with E-state index in [0.717, 1.165) is 11.1 Å². The summed E-state index contributed by atoms with van der Waals surface area (Å²) >= 11 is 0. The number of nitrogens with one attached hydrogen (secondary N) is 2. The molecule has 3 rings (SSSR count). The molecule has 0 aliphatic rings. The van der Waals surface area contributed by atoms with Crippen LogP contribution in [-0.4, -0.2) is 38.7 Å². The molecule has 2 N–H and O–H groups in total. The maximum atomic E-state index is 13.0. The Balaban J connectivity index is 1.59. The van der Waals surface area contributed by atoms with E-state index in [1.54, 1.807) is 48.3 Å². The predicted molar refractivity (Wildman–Crippen MR) is 128 cm³/mol. The molecule has 7 nitrogen and oxygen atoms in total. The molecule has 0 saturated heterocycles. The highest BCUT2D eigenvalue weighted by Crippen LogP contribution is 2.18. The second-order valence-electron chi connectivity index (χ2n) is 7.70. The van der Waals surface area contributed by atoms with Crippen molar-refractivity contribution in [3.05, 3.63) is 95.6 Å². The van der Waals surface area contributed by atoms with Gasteiger partial charge in [-0.15, -0.1) is 0 Å². The minimum absolute atomic E-state index is 0.0634. The molecule has 0 aliphatic heterocycles. The molecule has 0 saturated carbocycles. The molecule has 8 heteroatoms. The number of carbonyl (C=O) groups is 2. The van der Waals surface area contributed by atoms with Crippen molar-refractivity contribution in [3.63, 3.8) is 0 Å². The molecule has 3 aromatic carbocycles. The molecule has 3 aromatic rings. The molecular weight excluding hydrogens is 438 g/mol. The van der Waals surface area contributed by atoms with Crippen LogP contribution in [0.3, 0.4) is 0 Å². The lowest BCUT2D eigenvalue weighted by molar-refractivity contribution is -0.116. The van der Waals surface area contributed by atoms with Crippen molar-refractivity contribution in [2.75, 3.05) is 18.9 Å². The van der Waals surface area contributed by atoms with E-state index in [4.69, 9.17) is 0 Å². The molecule has 0 fully saturated rings. The standard InChI is InChI=1S/C25H27N3O4S/c1-19-12-14-21(15-13-19)33(31,32)26-17-16-24(29)27-23-11-7-6-10-22(23)25(30)28(2)18-20-8-4-3-5-9-20/h3-15,26H,16-18H2,1-2H3,(H,27,29). The SMILES string of the molecule is Cc1ccc(S(=O)(=O)NCCC(=O)Nc2ccccc2C(=O)N(C)Cc2ccccc2)cc1. The first-order chi connectivity index (χ1) is 15.8. The topological polar surface area (TPSA) is 95.6 Å². The number of rotatable bonds is 9. The van der Waals surface area contributed by atoms with Gasteiger partial charge in [0, 0.05) is 26.6 Å². The second-order valence-corrected chi connectivity index (χ2v) is 9.47. The van der Waals surface area contributed by atoms with Crippen molar-refractivity contribution in [3.8, 4) is 0 Å². The lowest BCUT2D eigenvalue weighted by atomic mass is 10.1. The van der Waals surface area contributed by atoms with Crippen molar-refractivity contribution in [2.24, 2.45) is 0 Å². The van der Waals surface area contributed by atoms with Gasteiger partial charge in [-0.2, -0.15) is 0 Å². The normalized spacial score (nSPS) is 11.1. The molecule has 0 radical (unpaired) electrons. The predicted octanol–water partition coefficient (Wildman–Crippen LogP) is 3.57. The van der Waals surface area contributed by atoms with E-state index in [9.17, 15) is 18.0 Å². The van der Waals surface area contributed by atoms with E-state index in [2.05, 4.69) is 10.0 Å². The molecular formula is C25H27N3O4S. The Labute approximate surface area is 194 Å². The molecule has 0 unspecified atom stereocenters. The lowest BCUT2D eigenvalue weighted by Crippen LogP contribution is -2.29. The number of benzene rings is 3. The average Bonchev–Trinajstić information content (AvgIpc) is 2.80. The molecule has 172 valence electrons. The summed E-state index contributed by atoms with van der Waals surface area (Å²) < 4.78 is 27.1. The minimum atomic E-state index is -3.70. The second kappa shape index (κ2) is 10.9. The first kappa shape index (κ1) is 24.2. The van der Waals surface area contributed by atoms with Crippen LogP contribution in [0.15, 0.2) is 83.8 Å². The van der Waals surface area contributed by atoms with Crippen LogP contribution in [0.25, 0.3) is 0 Å². The van der Waals surface area contributed by atoms with Crippen molar-refractivity contribution >= 4 is 27.5 Å². The Hall–Kier alpha value is -3.49. The van der Waals surface area contributed by atoms with Crippen LogP contribution in [0, 0.1) is 6.92 Å². The van der Waals surface area contributed by atoms with Gasteiger partial charge in [0.15, 0.2) is 0 Å². The van der Waals surface area contributed by atoms with Crippen LogP contribution in [-0.2, 0) is 21.4 Å². The molecule has 0 bridgehead atoms. The van der Waals surface area contributed by atoms with E-state index >= 15 is 0 Å². The maximum absolute atomic E-state index is 13.0. The van der Waals surface area contributed by atoms with Gasteiger partial charge in [-0.05, 0) is 36.8 Å². The summed E-state index contributed by atoms with van der Waals surface area (Å²) in [5.74, 6) is -0.623. The Morgan fingerprint density at radius 2 is 1.52 bits per heavy atom. The van der Waals surface area contributed by atoms with Crippen LogP contribution in [0.4, 0.5) is 5.69 Å². The van der Waals surface area contributed by atoms with Crippen molar-refractivity contribution in [2.45, 2.75) is 24.8 Å². The molecule has 0 aliphatic carbocycles. The number of hydrogen-bond acceptors (Lipinski definition) is 4. The van der Waals surface area contributed by atoms with E-state index in [1.807, 2.05) is 37.3 Å². The van der Waals surface area contributed by atoms with Gasteiger partial charge in [-0.1, -0.05) is 60.2 Å². The number of amides is 2. The highest BCUT2D eigenvalue weighted by Gasteiger charge is 2.18. The van der Waals surface area contributed by atoms with Gasteiger partial charge in [-0.3, -0.25) is 9.59 Å². The fourth-order valence-corrected chi connectivity index (χ4v) is 4.26. The highest BCUT2D eigenvalue weighted by atomic mass is 32.2. The lowest BCUT2D eigenvalue weighted by Gasteiger charge is -2.19. The quantitative estimate of drug-likeness (QED) is 0.505. The number of carbonyl (C=O) groups excluding carboxylic acids is 2. The minimum Gasteiger partial charge on any atom is -0.337 e. The first-order valence-corrected chi connectivity index (χ1v) is 12.0. The monoisotopic (exact) mass is 465 g/mol. The average molecular weight is 466 g/mol. The summed E-state index contributed by atoms with van der Waals surface area (Å²) in [6.45, 7) is 2.24. The van der Waals surface area contributed by atoms with Gasteiger partial charge in [0.1, 0.15) is 0 Å². The zero-order chi connectivity index (χ0) is 23.8. The van der Waals surface area contributed by atoms with E-state index in [0.29, 0.717) is 17.8 Å². The first-order valence-electron chi connectivity index (χ1n) is 10.5. The van der Waals surface area contributed by atoms with E-state index < -0.39 is 15.9 Å². The number of nitrogens with zero attached hydrogens (tertiary/aromatic N) is 1. The number of anilines is 1. The Kier molecular flexibility index (Phi) is 7.97. The molecule has 2 amide bonds. The summed E-state index contributed by atoms with van der Waals surface area (Å²) in [5, 5.41) is 2.72. The number of sulfonamides is 1. The summed E-state index contributed by atoms with van der Waals surface area (Å²) in [6.07, 6.45) is -0.0759. The molecule has 33 heavy (non-hydrogen) atoms. The van der Waals surface area contributed by atoms with Gasteiger partial charge in [-0.25, -0.2) is 13.1 Å². The number of hydrogen-bond donors (Lipinski definition) is 2. The molecule has 0 aromatic heterocycles. The molecule has 0 spiro atoms. The Morgan fingerprint density at radius 1 is 0.879 bits per heavy atom. The Morgan fingerprint density at radius 3 is 2.21 bits per heavy atom. The largest absolute Gasteiger partial charge is 0.337 e. The summed E-state index contributed by atoms with van der Waals surface area (Å²) in [7, 11) is -2.00. The maximum Gasteiger partial charge on any atom is 0.256 e. The smallest absolute Gasteiger partial charge is 0.256 e. The number of aryl methyl sites for hydroxylation is 1. The fraction of sp³-hybridized carbons (Fsp3) is 0.200. The van der Waals surface area contributed by atoms with Crippen molar-refractivity contribution < 1.29 is 18.0 Å². The third-order valence-electron chi connectivity index (χ3n) is 5.02. The molecule has 0 atom stereocenters. The summed E-state index contributed by atoms with van der Waals surface area (Å²) in [4.78, 5) is 27.1. The van der Waals surface area contributed by atoms with Crippen LogP contribution in [0.2, 0.25) is 0 Å². The van der Waals surface area contributed by atoms with Crippen LogP contribution in [0.1, 0.15) is 27.9 Å². The zero-order valence-electron chi connectivity index (χ0n) is 18.6. The van der Waals surface area contributed by atoms with Crippen LogP contribution >= 0.6 is 0 Å². The summed E-state index contributed by atoms with van der Waals surface area (Å²) in [5.41, 5.74) is 2.70. The van der Waals surface area contributed by atoms with Gasteiger partial charge in [0.05, 0.1) is 16.1 Å². The van der Waals surface area contributed by atoms with Gasteiger partial charge in [0.25, 0.3) is 5.91 Å². The van der Waals surface area contributed by atoms with Crippen LogP contribution in [0.5, 0.6) is 0 Å². The highest BCUT2D eigenvalue weighted by molar-refractivity contribution is 7.89. The third-order valence-corrected chi connectivity index (χ3v) is 6.49. The van der Waals surface area contributed by atoms with Crippen LogP contribution < -0.4 is 10.0 Å². The van der Waals surface area contributed by atoms with Gasteiger partial charge >= 0.3 is 0 Å². The number of para-hydroxylation sites is 1.